The molecule has 0 saturated heterocycles. The molecular formula is C46H104N4O4. The van der Waals surface area contributed by atoms with Crippen molar-refractivity contribution in [2.45, 2.75) is 231 Å². The lowest BCUT2D eigenvalue weighted by Crippen LogP contribution is -2.42. The Morgan fingerprint density at radius 2 is 0.463 bits per heavy atom. The smallest absolute Gasteiger partial charge is 0.151 e. The molecule has 0 saturated carbocycles. The monoisotopic (exact) mass is 777 g/mol. The summed E-state index contributed by atoms with van der Waals surface area (Å²) < 4.78 is 0. The van der Waals surface area contributed by atoms with Gasteiger partial charge in [-0.2, -0.15) is 0 Å². The van der Waals surface area contributed by atoms with Crippen LogP contribution in [0.5, 0.6) is 0 Å². The fourth-order valence-corrected chi connectivity index (χ4v) is 3.07. The van der Waals surface area contributed by atoms with Crippen molar-refractivity contribution in [3.8, 4) is 0 Å². The van der Waals surface area contributed by atoms with E-state index in [2.05, 4.69) is 104 Å². The van der Waals surface area contributed by atoms with Crippen molar-refractivity contribution in [1.82, 2.24) is 21.3 Å². The maximum absolute atomic E-state index is 11.5. The number of Topliss-reactive ketones (excluding diaryl/α,β-unsaturated/α-hetero) is 4. The number of hydrogen-bond donors (Lipinski definition) is 4. The number of carbonyl (C=O) groups excluding carboxylic acids is 4. The molecule has 332 valence electrons. The van der Waals surface area contributed by atoms with Crippen LogP contribution in [0, 0.1) is 21.7 Å². The second kappa shape index (κ2) is 28.0. The van der Waals surface area contributed by atoms with Gasteiger partial charge in [-0.15, -0.1) is 0 Å². The molecule has 0 unspecified atom stereocenters. The Labute approximate surface area is 341 Å². The maximum atomic E-state index is 11.5. The average Bonchev–Trinajstić information content (AvgIpc) is 2.82. The summed E-state index contributed by atoms with van der Waals surface area (Å²) in [6.07, 6.45) is 1.25. The first kappa shape index (κ1) is 70.3. The summed E-state index contributed by atoms with van der Waals surface area (Å²) >= 11 is 0. The first-order valence-corrected chi connectivity index (χ1v) is 18.6. The van der Waals surface area contributed by atoms with Crippen molar-refractivity contribution >= 4 is 23.1 Å². The predicted octanol–water partition coefficient (Wildman–Crippen LogP) is 11.3. The number of ketones is 4. The van der Waals surface area contributed by atoms with E-state index in [4.69, 9.17) is 0 Å². The minimum absolute atomic E-state index is 0. The van der Waals surface area contributed by atoms with E-state index in [-0.39, 0.29) is 85.1 Å². The van der Waals surface area contributed by atoms with Gasteiger partial charge in [-0.25, -0.2) is 0 Å². The molecule has 0 aromatic carbocycles. The SMILES string of the molecule is C.C.C.C.CC(C)(C)NCC(=O)C(C)(C)C.CC(C)(C)NCC(=O)C(C)(C)C.CC(C)(C)NCCC(=O)C(C)(C)C.CC(C)(C)NCCC(=O)C(C)(C)C. The van der Waals surface area contributed by atoms with Gasteiger partial charge in [0.15, 0.2) is 11.6 Å². The van der Waals surface area contributed by atoms with Crippen LogP contribution in [-0.2, 0) is 19.2 Å². The highest BCUT2D eigenvalue weighted by Gasteiger charge is 2.24. The molecule has 0 atom stereocenters. The van der Waals surface area contributed by atoms with Crippen LogP contribution in [0.4, 0.5) is 0 Å². The molecule has 0 aromatic heterocycles. The summed E-state index contributed by atoms with van der Waals surface area (Å²) in [4.78, 5) is 45.9. The Hall–Kier alpha value is -1.48. The van der Waals surface area contributed by atoms with Crippen molar-refractivity contribution in [2.75, 3.05) is 26.2 Å². The van der Waals surface area contributed by atoms with Gasteiger partial charge in [0.1, 0.15) is 11.6 Å². The molecule has 0 amide bonds. The molecular weight excluding hydrogens is 673 g/mol. The molecule has 0 rings (SSSR count). The van der Waals surface area contributed by atoms with Gasteiger partial charge in [0.2, 0.25) is 0 Å². The van der Waals surface area contributed by atoms with E-state index in [1.807, 2.05) is 83.1 Å². The normalized spacial score (nSPS) is 12.1. The average molecular weight is 777 g/mol. The zero-order chi connectivity index (χ0) is 41.4. The molecule has 0 fully saturated rings. The molecule has 8 nitrogen and oxygen atoms in total. The Balaban J connectivity index is -0.0000000850. The fraction of sp³-hybridized carbons (Fsp3) is 0.913. The van der Waals surface area contributed by atoms with Crippen LogP contribution < -0.4 is 21.3 Å². The summed E-state index contributed by atoms with van der Waals surface area (Å²) in [6.45, 7) is 50.9. The van der Waals surface area contributed by atoms with Crippen molar-refractivity contribution in [3.05, 3.63) is 0 Å². The number of nitrogens with one attached hydrogen (secondary N) is 4. The topological polar surface area (TPSA) is 116 Å². The van der Waals surface area contributed by atoms with Gasteiger partial charge in [-0.1, -0.05) is 113 Å². The largest absolute Gasteiger partial charge is 0.312 e. The minimum Gasteiger partial charge on any atom is -0.312 e. The number of rotatable bonds is 10. The quantitative estimate of drug-likeness (QED) is 0.173. The van der Waals surface area contributed by atoms with E-state index in [0.29, 0.717) is 37.5 Å². The van der Waals surface area contributed by atoms with E-state index in [1.54, 1.807) is 0 Å². The van der Waals surface area contributed by atoms with Crippen molar-refractivity contribution in [2.24, 2.45) is 21.7 Å². The highest BCUT2D eigenvalue weighted by molar-refractivity contribution is 5.86. The van der Waals surface area contributed by atoms with Crippen LogP contribution in [0.15, 0.2) is 0 Å². The zero-order valence-corrected chi connectivity index (χ0v) is 37.9. The molecule has 0 radical (unpaired) electrons. The molecule has 8 heteroatoms. The Morgan fingerprint density at radius 1 is 0.296 bits per heavy atom. The lowest BCUT2D eigenvalue weighted by molar-refractivity contribution is -0.126. The fourth-order valence-electron chi connectivity index (χ4n) is 3.07. The molecule has 0 aromatic rings. The number of carbonyl (C=O) groups is 4. The summed E-state index contributed by atoms with van der Waals surface area (Å²) in [6, 6.07) is 0. The van der Waals surface area contributed by atoms with Crippen LogP contribution in [0.1, 0.15) is 209 Å². The molecule has 0 spiro atoms. The molecule has 4 N–H and O–H groups in total. The molecule has 0 aliphatic heterocycles. The van der Waals surface area contributed by atoms with E-state index in [0.717, 1.165) is 13.1 Å². The summed E-state index contributed by atoms with van der Waals surface area (Å²) in [5.74, 6) is 1.17. The molecule has 54 heavy (non-hydrogen) atoms. The lowest BCUT2D eigenvalue weighted by atomic mass is 9.89. The van der Waals surface area contributed by atoms with Gasteiger partial charge < -0.3 is 21.3 Å². The van der Waals surface area contributed by atoms with Crippen LogP contribution in [0.2, 0.25) is 0 Å². The van der Waals surface area contributed by atoms with Crippen LogP contribution in [-0.4, -0.2) is 71.5 Å². The lowest BCUT2D eigenvalue weighted by Gasteiger charge is -2.23. The van der Waals surface area contributed by atoms with Crippen molar-refractivity contribution in [1.29, 1.82) is 0 Å². The standard InChI is InChI=1S/2C11H23NO.2C10H21NO.4CH4/c2*1-10(2,3)9(13)7-8-12-11(4,5)6;2*1-9(2,3)8(12)7-11-10(4,5)6;;;;/h2*12H,7-8H2,1-6H3;2*11H,7H2,1-6H3;4*1H4. The Bertz CT molecular complexity index is 909. The van der Waals surface area contributed by atoms with E-state index < -0.39 is 0 Å². The third kappa shape index (κ3) is 52.6. The molecule has 0 heterocycles. The predicted molar refractivity (Wildman–Crippen MR) is 245 cm³/mol. The highest BCUT2D eigenvalue weighted by Crippen LogP contribution is 2.18. The van der Waals surface area contributed by atoms with Crippen LogP contribution >= 0.6 is 0 Å². The third-order valence-electron chi connectivity index (χ3n) is 6.92. The first-order valence-electron chi connectivity index (χ1n) is 18.6. The second-order valence-corrected chi connectivity index (χ2v) is 21.8. The van der Waals surface area contributed by atoms with E-state index >= 15 is 0 Å². The first-order chi connectivity index (χ1) is 21.5. The molecule has 0 aliphatic rings. The molecule has 0 bridgehead atoms. The van der Waals surface area contributed by atoms with Gasteiger partial charge in [0, 0.05) is 69.7 Å². The van der Waals surface area contributed by atoms with Gasteiger partial charge >= 0.3 is 0 Å². The highest BCUT2D eigenvalue weighted by atomic mass is 16.1. The van der Waals surface area contributed by atoms with Crippen molar-refractivity contribution < 1.29 is 19.2 Å². The van der Waals surface area contributed by atoms with Crippen LogP contribution in [0.3, 0.4) is 0 Å². The van der Waals surface area contributed by atoms with Gasteiger partial charge in [0.25, 0.3) is 0 Å². The summed E-state index contributed by atoms with van der Waals surface area (Å²) in [5, 5.41) is 13.0. The van der Waals surface area contributed by atoms with Crippen LogP contribution in [0.25, 0.3) is 0 Å². The van der Waals surface area contributed by atoms with E-state index in [1.165, 1.54) is 0 Å². The molecule has 0 aliphatic carbocycles. The Morgan fingerprint density at radius 3 is 0.593 bits per heavy atom. The summed E-state index contributed by atoms with van der Waals surface area (Å²) in [7, 11) is 0. The van der Waals surface area contributed by atoms with Gasteiger partial charge in [0.05, 0.1) is 13.1 Å². The zero-order valence-electron chi connectivity index (χ0n) is 37.9. The third-order valence-corrected chi connectivity index (χ3v) is 6.92. The summed E-state index contributed by atoms with van der Waals surface area (Å²) in [5.41, 5.74) is -0.562. The van der Waals surface area contributed by atoms with Gasteiger partial charge in [-0.05, 0) is 83.1 Å². The van der Waals surface area contributed by atoms with Crippen molar-refractivity contribution in [3.63, 3.8) is 0 Å². The van der Waals surface area contributed by atoms with Gasteiger partial charge in [-0.3, -0.25) is 19.2 Å². The maximum Gasteiger partial charge on any atom is 0.151 e. The Kier molecular flexibility index (Phi) is 36.5. The second-order valence-electron chi connectivity index (χ2n) is 21.8. The van der Waals surface area contributed by atoms with E-state index in [9.17, 15) is 19.2 Å². The minimum atomic E-state index is -0.224. The number of hydrogen-bond acceptors (Lipinski definition) is 8.